The van der Waals surface area contributed by atoms with Crippen LogP contribution in [0.15, 0.2) is 48.5 Å². The van der Waals surface area contributed by atoms with Gasteiger partial charge in [0, 0.05) is 18.8 Å². The van der Waals surface area contributed by atoms with Gasteiger partial charge in [-0.05, 0) is 24.6 Å². The Morgan fingerprint density at radius 3 is 2.52 bits per heavy atom. The quantitative estimate of drug-likeness (QED) is 0.830. The first-order valence-electron chi connectivity index (χ1n) is 9.02. The summed E-state index contributed by atoms with van der Waals surface area (Å²) in [5.74, 6) is 0.951. The van der Waals surface area contributed by atoms with Crippen molar-refractivity contribution in [2.24, 2.45) is 0 Å². The van der Waals surface area contributed by atoms with E-state index >= 15 is 0 Å². The number of nitrogens with one attached hydrogen (secondary N) is 1. The first-order valence-corrected chi connectivity index (χ1v) is 10.2. The fourth-order valence-electron chi connectivity index (χ4n) is 2.85. The summed E-state index contributed by atoms with van der Waals surface area (Å²) in [5.41, 5.74) is 3.51. The molecule has 6 heteroatoms. The fourth-order valence-corrected chi connectivity index (χ4v) is 3.64. The third kappa shape index (κ3) is 5.58. The first-order chi connectivity index (χ1) is 13.1. The molecule has 0 saturated carbocycles. The number of aryl methyl sites for hydroxylation is 1. The van der Waals surface area contributed by atoms with E-state index in [9.17, 15) is 9.59 Å². The van der Waals surface area contributed by atoms with Crippen LogP contribution in [0.3, 0.4) is 0 Å². The predicted octanol–water partition coefficient (Wildman–Crippen LogP) is 3.34. The fraction of sp³-hybridized carbons (Fsp3) is 0.333. The molecule has 0 aliphatic carbocycles. The summed E-state index contributed by atoms with van der Waals surface area (Å²) in [6, 6.07) is 15.5. The average molecular weight is 385 g/mol. The summed E-state index contributed by atoms with van der Waals surface area (Å²) >= 11 is 1.56. The Morgan fingerprint density at radius 2 is 1.78 bits per heavy atom. The van der Waals surface area contributed by atoms with Gasteiger partial charge in [-0.1, -0.05) is 42.0 Å². The average Bonchev–Trinajstić information content (AvgIpc) is 2.70. The molecule has 1 aliphatic heterocycles. The van der Waals surface area contributed by atoms with Crippen molar-refractivity contribution in [1.29, 1.82) is 0 Å². The number of hydrogen-bond donors (Lipinski definition) is 1. The van der Waals surface area contributed by atoms with Crippen molar-refractivity contribution in [2.75, 3.05) is 37.4 Å². The van der Waals surface area contributed by atoms with Crippen LogP contribution in [0, 0.1) is 6.92 Å². The number of para-hydroxylation sites is 1. The lowest BCUT2D eigenvalue weighted by Gasteiger charge is -2.27. The predicted molar refractivity (Wildman–Crippen MR) is 109 cm³/mol. The van der Waals surface area contributed by atoms with Crippen LogP contribution >= 0.6 is 11.8 Å². The third-order valence-corrected chi connectivity index (χ3v) is 5.36. The van der Waals surface area contributed by atoms with Gasteiger partial charge in [0.25, 0.3) is 5.91 Å². The van der Waals surface area contributed by atoms with Crippen molar-refractivity contribution in [3.63, 3.8) is 0 Å². The van der Waals surface area contributed by atoms with Gasteiger partial charge in [-0.3, -0.25) is 9.59 Å². The smallest absolute Gasteiger partial charge is 0.256 e. The third-order valence-electron chi connectivity index (χ3n) is 4.35. The van der Waals surface area contributed by atoms with E-state index in [-0.39, 0.29) is 11.8 Å². The topological polar surface area (TPSA) is 58.6 Å². The van der Waals surface area contributed by atoms with Crippen LogP contribution < -0.4 is 5.32 Å². The lowest BCUT2D eigenvalue weighted by Crippen LogP contribution is -2.41. The van der Waals surface area contributed by atoms with Crippen LogP contribution in [0.2, 0.25) is 0 Å². The number of thioether (sulfide) groups is 1. The number of benzene rings is 2. The van der Waals surface area contributed by atoms with Gasteiger partial charge in [0.15, 0.2) is 0 Å². The van der Waals surface area contributed by atoms with Crippen LogP contribution in [-0.4, -0.2) is 48.8 Å². The Balaban J connectivity index is 1.55. The van der Waals surface area contributed by atoms with E-state index in [1.807, 2.05) is 12.1 Å². The van der Waals surface area contributed by atoms with Gasteiger partial charge in [0.2, 0.25) is 5.91 Å². The summed E-state index contributed by atoms with van der Waals surface area (Å²) in [7, 11) is 0. The summed E-state index contributed by atoms with van der Waals surface area (Å²) < 4.78 is 5.30. The van der Waals surface area contributed by atoms with Crippen molar-refractivity contribution >= 4 is 29.3 Å². The van der Waals surface area contributed by atoms with Crippen molar-refractivity contribution in [3.05, 3.63) is 65.2 Å². The minimum absolute atomic E-state index is 0.0680. The van der Waals surface area contributed by atoms with Crippen molar-refractivity contribution in [2.45, 2.75) is 12.7 Å². The number of anilines is 1. The summed E-state index contributed by atoms with van der Waals surface area (Å²) in [4.78, 5) is 26.8. The molecule has 5 nitrogen and oxygen atoms in total. The highest BCUT2D eigenvalue weighted by Gasteiger charge is 2.21. The number of morpholine rings is 1. The monoisotopic (exact) mass is 384 g/mol. The molecule has 2 aromatic carbocycles. The summed E-state index contributed by atoms with van der Waals surface area (Å²) in [6.07, 6.45) is 0. The van der Waals surface area contributed by atoms with Crippen LogP contribution in [0.5, 0.6) is 0 Å². The SMILES string of the molecule is Cc1ccc(CSCC(=O)Nc2ccccc2C(=O)N2CCOCC2)cc1. The molecule has 1 saturated heterocycles. The molecular formula is C21H24N2O3S. The highest BCUT2D eigenvalue weighted by atomic mass is 32.2. The molecule has 0 aromatic heterocycles. The van der Waals surface area contributed by atoms with E-state index in [0.717, 1.165) is 5.75 Å². The molecule has 2 aromatic rings. The second-order valence-corrected chi connectivity index (χ2v) is 7.46. The number of hydrogen-bond acceptors (Lipinski definition) is 4. The molecule has 0 spiro atoms. The van der Waals surface area contributed by atoms with Crippen LogP contribution in [0.1, 0.15) is 21.5 Å². The molecule has 0 bridgehead atoms. The standard InChI is InChI=1S/C21H24N2O3S/c1-16-6-8-17(9-7-16)14-27-15-20(24)22-19-5-3-2-4-18(19)21(25)23-10-12-26-13-11-23/h2-9H,10-15H2,1H3,(H,22,24). The molecule has 0 atom stereocenters. The second-order valence-electron chi connectivity index (χ2n) is 6.48. The first kappa shape index (κ1) is 19.5. The van der Waals surface area contributed by atoms with E-state index in [1.54, 1.807) is 28.8 Å². The second kappa shape index (κ2) is 9.58. The molecule has 1 heterocycles. The molecule has 1 fully saturated rings. The molecule has 0 unspecified atom stereocenters. The number of nitrogens with zero attached hydrogens (tertiary/aromatic N) is 1. The van der Waals surface area contributed by atoms with E-state index in [2.05, 4.69) is 36.5 Å². The maximum absolute atomic E-state index is 12.7. The zero-order valence-corrected chi connectivity index (χ0v) is 16.3. The number of ether oxygens (including phenoxy) is 1. The van der Waals surface area contributed by atoms with Gasteiger partial charge in [-0.25, -0.2) is 0 Å². The maximum Gasteiger partial charge on any atom is 0.256 e. The lowest BCUT2D eigenvalue weighted by molar-refractivity contribution is -0.113. The van der Waals surface area contributed by atoms with Crippen molar-refractivity contribution in [3.8, 4) is 0 Å². The molecular weight excluding hydrogens is 360 g/mol. The molecule has 0 radical (unpaired) electrons. The van der Waals surface area contributed by atoms with Gasteiger partial charge in [0.1, 0.15) is 0 Å². The van der Waals surface area contributed by atoms with E-state index in [1.165, 1.54) is 11.1 Å². The maximum atomic E-state index is 12.7. The number of rotatable bonds is 6. The molecule has 2 amide bonds. The van der Waals surface area contributed by atoms with Gasteiger partial charge >= 0.3 is 0 Å². The van der Waals surface area contributed by atoms with Crippen LogP contribution in [-0.2, 0) is 15.3 Å². The Morgan fingerprint density at radius 1 is 1.07 bits per heavy atom. The number of amides is 2. The Kier molecular flexibility index (Phi) is 6.90. The number of carbonyl (C=O) groups is 2. The lowest BCUT2D eigenvalue weighted by atomic mass is 10.1. The molecule has 3 rings (SSSR count). The Labute approximate surface area is 164 Å². The highest BCUT2D eigenvalue weighted by Crippen LogP contribution is 2.19. The normalized spacial score (nSPS) is 14.0. The van der Waals surface area contributed by atoms with Gasteiger partial charge in [-0.2, -0.15) is 0 Å². The summed E-state index contributed by atoms with van der Waals surface area (Å²) in [5, 5.41) is 2.89. The molecule has 27 heavy (non-hydrogen) atoms. The highest BCUT2D eigenvalue weighted by molar-refractivity contribution is 7.99. The van der Waals surface area contributed by atoms with E-state index in [4.69, 9.17) is 4.74 Å². The molecule has 1 N–H and O–H groups in total. The largest absolute Gasteiger partial charge is 0.378 e. The zero-order chi connectivity index (χ0) is 19.1. The zero-order valence-electron chi connectivity index (χ0n) is 15.4. The van der Waals surface area contributed by atoms with Gasteiger partial charge < -0.3 is 15.0 Å². The minimum atomic E-state index is -0.102. The molecule has 142 valence electrons. The molecule has 1 aliphatic rings. The van der Waals surface area contributed by atoms with Crippen molar-refractivity contribution < 1.29 is 14.3 Å². The minimum Gasteiger partial charge on any atom is -0.378 e. The van der Waals surface area contributed by atoms with Gasteiger partial charge in [-0.15, -0.1) is 11.8 Å². The van der Waals surface area contributed by atoms with Crippen LogP contribution in [0.4, 0.5) is 5.69 Å². The van der Waals surface area contributed by atoms with E-state index in [0.29, 0.717) is 43.3 Å². The Bertz CT molecular complexity index is 786. The number of carbonyl (C=O) groups excluding carboxylic acids is 2. The van der Waals surface area contributed by atoms with Crippen LogP contribution in [0.25, 0.3) is 0 Å². The van der Waals surface area contributed by atoms with Crippen molar-refractivity contribution in [1.82, 2.24) is 4.90 Å². The van der Waals surface area contributed by atoms with E-state index < -0.39 is 0 Å². The Hall–Kier alpha value is -2.31. The van der Waals surface area contributed by atoms with Gasteiger partial charge in [0.05, 0.1) is 30.2 Å². The summed E-state index contributed by atoms with van der Waals surface area (Å²) in [6.45, 7) is 4.31.